The van der Waals surface area contributed by atoms with Crippen molar-refractivity contribution in [2.75, 3.05) is 26.9 Å². The standard InChI is InChI=1S/C13H25NO2/c1-14-13(11-6-9-15-10-7-11)5-4-12-3-2-8-16-12/h11-14H,2-10H2,1H3. The van der Waals surface area contributed by atoms with Gasteiger partial charge in [-0.2, -0.15) is 0 Å². The molecule has 3 heteroatoms. The van der Waals surface area contributed by atoms with Gasteiger partial charge in [0.25, 0.3) is 0 Å². The Bertz CT molecular complexity index is 186. The molecule has 2 aliphatic heterocycles. The van der Waals surface area contributed by atoms with Gasteiger partial charge < -0.3 is 14.8 Å². The highest BCUT2D eigenvalue weighted by Gasteiger charge is 2.24. The van der Waals surface area contributed by atoms with E-state index < -0.39 is 0 Å². The molecule has 2 fully saturated rings. The summed E-state index contributed by atoms with van der Waals surface area (Å²) >= 11 is 0. The van der Waals surface area contributed by atoms with Gasteiger partial charge in [-0.05, 0) is 51.5 Å². The molecule has 0 aromatic heterocycles. The number of rotatable bonds is 5. The van der Waals surface area contributed by atoms with Gasteiger partial charge in [-0.1, -0.05) is 0 Å². The van der Waals surface area contributed by atoms with Crippen LogP contribution in [0.15, 0.2) is 0 Å². The predicted molar refractivity (Wildman–Crippen MR) is 64.6 cm³/mol. The largest absolute Gasteiger partial charge is 0.381 e. The molecule has 0 amide bonds. The molecular formula is C13H25NO2. The van der Waals surface area contributed by atoms with Gasteiger partial charge in [0.05, 0.1) is 6.10 Å². The van der Waals surface area contributed by atoms with Crippen LogP contribution in [0.3, 0.4) is 0 Å². The highest BCUT2D eigenvalue weighted by molar-refractivity contribution is 4.79. The van der Waals surface area contributed by atoms with Crippen LogP contribution in [0.5, 0.6) is 0 Å². The number of hydrogen-bond donors (Lipinski definition) is 1. The van der Waals surface area contributed by atoms with E-state index in [1.807, 2.05) is 0 Å². The molecule has 1 N–H and O–H groups in total. The van der Waals surface area contributed by atoms with Crippen LogP contribution in [-0.4, -0.2) is 39.0 Å². The van der Waals surface area contributed by atoms with Crippen LogP contribution in [0.25, 0.3) is 0 Å². The Morgan fingerprint density at radius 3 is 2.62 bits per heavy atom. The van der Waals surface area contributed by atoms with E-state index in [4.69, 9.17) is 9.47 Å². The lowest BCUT2D eigenvalue weighted by molar-refractivity contribution is 0.0486. The maximum atomic E-state index is 5.68. The molecule has 0 radical (unpaired) electrons. The van der Waals surface area contributed by atoms with Crippen molar-refractivity contribution in [3.05, 3.63) is 0 Å². The summed E-state index contributed by atoms with van der Waals surface area (Å²) in [7, 11) is 2.09. The normalized spacial score (nSPS) is 29.4. The number of nitrogens with one attached hydrogen (secondary N) is 1. The highest BCUT2D eigenvalue weighted by atomic mass is 16.5. The first-order valence-electron chi connectivity index (χ1n) is 6.76. The zero-order chi connectivity index (χ0) is 11.2. The van der Waals surface area contributed by atoms with Gasteiger partial charge in [-0.3, -0.25) is 0 Å². The Labute approximate surface area is 98.9 Å². The molecule has 0 aromatic rings. The summed E-state index contributed by atoms with van der Waals surface area (Å²) in [5, 5.41) is 3.48. The first-order chi connectivity index (χ1) is 7.90. The summed E-state index contributed by atoms with van der Waals surface area (Å²) in [6.45, 7) is 2.87. The maximum absolute atomic E-state index is 5.68. The van der Waals surface area contributed by atoms with Crippen LogP contribution in [0.2, 0.25) is 0 Å². The fraction of sp³-hybridized carbons (Fsp3) is 1.00. The van der Waals surface area contributed by atoms with E-state index in [9.17, 15) is 0 Å². The Morgan fingerprint density at radius 2 is 2.00 bits per heavy atom. The second-order valence-electron chi connectivity index (χ2n) is 5.06. The van der Waals surface area contributed by atoms with Gasteiger partial charge in [0.2, 0.25) is 0 Å². The third-order valence-electron chi connectivity index (χ3n) is 4.03. The zero-order valence-electron chi connectivity index (χ0n) is 10.4. The molecule has 0 aromatic carbocycles. The van der Waals surface area contributed by atoms with Crippen LogP contribution >= 0.6 is 0 Å². The molecular weight excluding hydrogens is 202 g/mol. The lowest BCUT2D eigenvalue weighted by Gasteiger charge is -2.30. The van der Waals surface area contributed by atoms with Crippen molar-refractivity contribution in [2.24, 2.45) is 5.92 Å². The third kappa shape index (κ3) is 3.44. The van der Waals surface area contributed by atoms with E-state index in [0.29, 0.717) is 12.1 Å². The molecule has 16 heavy (non-hydrogen) atoms. The van der Waals surface area contributed by atoms with Crippen LogP contribution in [0.4, 0.5) is 0 Å². The highest BCUT2D eigenvalue weighted by Crippen LogP contribution is 2.24. The average Bonchev–Trinajstić information content (AvgIpc) is 2.84. The summed E-state index contributed by atoms with van der Waals surface area (Å²) in [6.07, 6.45) is 7.98. The molecule has 2 atom stereocenters. The van der Waals surface area contributed by atoms with Crippen LogP contribution in [0.1, 0.15) is 38.5 Å². The topological polar surface area (TPSA) is 30.5 Å². The Hall–Kier alpha value is -0.120. The minimum absolute atomic E-state index is 0.538. The van der Waals surface area contributed by atoms with E-state index in [0.717, 1.165) is 25.7 Å². The molecule has 94 valence electrons. The van der Waals surface area contributed by atoms with Crippen molar-refractivity contribution in [3.8, 4) is 0 Å². The van der Waals surface area contributed by atoms with E-state index >= 15 is 0 Å². The monoisotopic (exact) mass is 227 g/mol. The van der Waals surface area contributed by atoms with Crippen LogP contribution in [0, 0.1) is 5.92 Å². The summed E-state index contributed by atoms with van der Waals surface area (Å²) in [5.41, 5.74) is 0. The van der Waals surface area contributed by atoms with Crippen LogP contribution < -0.4 is 5.32 Å². The molecule has 0 spiro atoms. The average molecular weight is 227 g/mol. The molecule has 2 rings (SSSR count). The van der Waals surface area contributed by atoms with Gasteiger partial charge in [-0.25, -0.2) is 0 Å². The molecule has 2 aliphatic rings. The van der Waals surface area contributed by atoms with Gasteiger partial charge in [-0.15, -0.1) is 0 Å². The summed E-state index contributed by atoms with van der Waals surface area (Å²) < 4.78 is 11.1. The molecule has 2 heterocycles. The minimum atomic E-state index is 0.538. The Morgan fingerprint density at radius 1 is 1.19 bits per heavy atom. The van der Waals surface area contributed by atoms with E-state index in [1.165, 1.54) is 38.5 Å². The SMILES string of the molecule is CNC(CCC1CCCO1)C1CCOCC1. The second-order valence-corrected chi connectivity index (χ2v) is 5.06. The number of hydrogen-bond acceptors (Lipinski definition) is 3. The summed E-state index contributed by atoms with van der Waals surface area (Å²) in [4.78, 5) is 0. The lowest BCUT2D eigenvalue weighted by atomic mass is 9.88. The van der Waals surface area contributed by atoms with E-state index in [1.54, 1.807) is 0 Å². The number of ether oxygens (including phenoxy) is 2. The van der Waals surface area contributed by atoms with Gasteiger partial charge >= 0.3 is 0 Å². The molecule has 0 saturated carbocycles. The fourth-order valence-corrected chi connectivity index (χ4v) is 2.97. The van der Waals surface area contributed by atoms with Crippen molar-refractivity contribution < 1.29 is 9.47 Å². The molecule has 3 nitrogen and oxygen atoms in total. The van der Waals surface area contributed by atoms with Crippen molar-refractivity contribution in [1.29, 1.82) is 0 Å². The van der Waals surface area contributed by atoms with Gasteiger partial charge in [0.15, 0.2) is 0 Å². The molecule has 0 aliphatic carbocycles. The predicted octanol–water partition coefficient (Wildman–Crippen LogP) is 1.96. The van der Waals surface area contributed by atoms with Gasteiger partial charge in [0.1, 0.15) is 0 Å². The zero-order valence-corrected chi connectivity index (χ0v) is 10.4. The second kappa shape index (κ2) is 6.58. The van der Waals surface area contributed by atoms with Crippen molar-refractivity contribution >= 4 is 0 Å². The van der Waals surface area contributed by atoms with Crippen molar-refractivity contribution in [2.45, 2.75) is 50.7 Å². The van der Waals surface area contributed by atoms with Crippen molar-refractivity contribution in [1.82, 2.24) is 5.32 Å². The van der Waals surface area contributed by atoms with Crippen LogP contribution in [-0.2, 0) is 9.47 Å². The Kier molecular flexibility index (Phi) is 5.07. The van der Waals surface area contributed by atoms with Crippen molar-refractivity contribution in [3.63, 3.8) is 0 Å². The smallest absolute Gasteiger partial charge is 0.0576 e. The summed E-state index contributed by atoms with van der Waals surface area (Å²) in [6, 6.07) is 0.660. The maximum Gasteiger partial charge on any atom is 0.0576 e. The molecule has 2 saturated heterocycles. The quantitative estimate of drug-likeness (QED) is 0.779. The summed E-state index contributed by atoms with van der Waals surface area (Å²) in [5.74, 6) is 0.806. The molecule has 0 bridgehead atoms. The first kappa shape index (κ1) is 12.3. The van der Waals surface area contributed by atoms with Gasteiger partial charge in [0, 0.05) is 25.9 Å². The molecule has 2 unspecified atom stereocenters. The first-order valence-corrected chi connectivity index (χ1v) is 6.76. The van der Waals surface area contributed by atoms with E-state index in [-0.39, 0.29) is 0 Å². The third-order valence-corrected chi connectivity index (χ3v) is 4.03. The lowest BCUT2D eigenvalue weighted by Crippen LogP contribution is -2.37. The Balaban J connectivity index is 1.70. The fourth-order valence-electron chi connectivity index (χ4n) is 2.97. The minimum Gasteiger partial charge on any atom is -0.381 e. The van der Waals surface area contributed by atoms with E-state index in [2.05, 4.69) is 12.4 Å².